The molecule has 0 bridgehead atoms. The van der Waals surface area contributed by atoms with Crippen LogP contribution in [0.15, 0.2) is 30.6 Å². The smallest absolute Gasteiger partial charge is 0.387 e. The zero-order chi connectivity index (χ0) is 25.8. The van der Waals surface area contributed by atoms with Crippen LogP contribution in [0.25, 0.3) is 11.3 Å². The fourth-order valence-corrected chi connectivity index (χ4v) is 5.73. The number of aromatic nitrogens is 4. The Morgan fingerprint density at radius 1 is 1.17 bits per heavy atom. The number of halogens is 4. The zero-order valence-corrected chi connectivity index (χ0v) is 20.6. The Labute approximate surface area is 211 Å². The molecule has 0 saturated carbocycles. The van der Waals surface area contributed by atoms with Crippen LogP contribution in [0.2, 0.25) is 5.02 Å². The molecule has 0 aromatic carbocycles. The molecule has 3 aromatic rings. The minimum atomic E-state index is -4.71. The maximum Gasteiger partial charge on any atom is 0.434 e. The second-order valence-corrected chi connectivity index (χ2v) is 9.98. The number of hydrogen-bond acceptors (Lipinski definition) is 7. The van der Waals surface area contributed by atoms with Crippen molar-refractivity contribution in [3.05, 3.63) is 64.0 Å². The largest absolute Gasteiger partial charge is 0.434 e. The Bertz CT molecular complexity index is 1310. The number of fused-ring (bicyclic) bond motifs is 1. The van der Waals surface area contributed by atoms with Crippen LogP contribution in [0, 0.1) is 12.3 Å². The van der Waals surface area contributed by atoms with Crippen LogP contribution in [0.4, 0.5) is 19.0 Å². The molecule has 1 aliphatic heterocycles. The standard InChI is InChI=1S/C25H26ClF3N6O/c1-13-19(16-5-9-32-22(18(16)26)25(27,28)29)34-20(14(2)36)23(33-13)35-10-6-24(7-11-35)12-17-15(21(24)30)4-3-8-31-17/h3-5,8-9,14,21,36H,6-7,10-12,30H2,1-2H3/t14?,21-/m1/s1. The van der Waals surface area contributed by atoms with Gasteiger partial charge in [0.05, 0.1) is 22.5 Å². The average Bonchev–Trinajstić information content (AvgIpc) is 3.10. The summed E-state index contributed by atoms with van der Waals surface area (Å²) in [5.74, 6) is 0.518. The fraction of sp³-hybridized carbons (Fsp3) is 0.440. The molecule has 3 N–H and O–H groups in total. The molecule has 1 aliphatic carbocycles. The van der Waals surface area contributed by atoms with Gasteiger partial charge in [-0.05, 0) is 56.2 Å². The first kappa shape index (κ1) is 24.9. The van der Waals surface area contributed by atoms with Crippen molar-refractivity contribution >= 4 is 17.4 Å². The van der Waals surface area contributed by atoms with Crippen LogP contribution in [0.1, 0.15) is 60.3 Å². The molecule has 36 heavy (non-hydrogen) atoms. The number of alkyl halides is 3. The third-order valence-electron chi connectivity index (χ3n) is 7.38. The van der Waals surface area contributed by atoms with Crippen LogP contribution in [-0.2, 0) is 12.6 Å². The topological polar surface area (TPSA) is 101 Å². The van der Waals surface area contributed by atoms with E-state index in [0.717, 1.165) is 36.7 Å². The summed E-state index contributed by atoms with van der Waals surface area (Å²) >= 11 is 6.10. The summed E-state index contributed by atoms with van der Waals surface area (Å²) in [6, 6.07) is 5.24. The molecule has 1 unspecified atom stereocenters. The summed E-state index contributed by atoms with van der Waals surface area (Å²) < 4.78 is 40.1. The third-order valence-corrected chi connectivity index (χ3v) is 7.77. The normalized spacial score (nSPS) is 20.0. The number of hydrogen-bond donors (Lipinski definition) is 2. The Morgan fingerprint density at radius 2 is 1.89 bits per heavy atom. The maximum absolute atomic E-state index is 13.4. The van der Waals surface area contributed by atoms with E-state index < -0.39 is 23.0 Å². The summed E-state index contributed by atoms with van der Waals surface area (Å²) in [6.45, 7) is 4.54. The molecule has 5 rings (SSSR count). The molecule has 11 heteroatoms. The van der Waals surface area contributed by atoms with Gasteiger partial charge >= 0.3 is 6.18 Å². The van der Waals surface area contributed by atoms with E-state index in [0.29, 0.717) is 24.6 Å². The lowest BCUT2D eigenvalue weighted by atomic mass is 9.73. The molecular weight excluding hydrogens is 493 g/mol. The Morgan fingerprint density at radius 3 is 2.53 bits per heavy atom. The number of aliphatic hydroxyl groups excluding tert-OH is 1. The summed E-state index contributed by atoms with van der Waals surface area (Å²) in [5.41, 5.74) is 8.48. The quantitative estimate of drug-likeness (QED) is 0.513. The summed E-state index contributed by atoms with van der Waals surface area (Å²) in [5, 5.41) is 9.99. The molecule has 1 spiro atoms. The van der Waals surface area contributed by atoms with Crippen molar-refractivity contribution < 1.29 is 18.3 Å². The lowest BCUT2D eigenvalue weighted by molar-refractivity contribution is -0.141. The Balaban J connectivity index is 1.46. The molecular formula is C25H26ClF3N6O. The van der Waals surface area contributed by atoms with Crippen molar-refractivity contribution in [2.75, 3.05) is 18.0 Å². The van der Waals surface area contributed by atoms with Gasteiger partial charge in [0.2, 0.25) is 0 Å². The van der Waals surface area contributed by atoms with Gasteiger partial charge in [-0.25, -0.2) is 9.97 Å². The van der Waals surface area contributed by atoms with Gasteiger partial charge < -0.3 is 15.7 Å². The highest BCUT2D eigenvalue weighted by Gasteiger charge is 2.47. The van der Waals surface area contributed by atoms with Gasteiger partial charge in [0.1, 0.15) is 5.69 Å². The number of nitrogens with two attached hydrogens (primary N) is 1. The van der Waals surface area contributed by atoms with Crippen LogP contribution in [0.5, 0.6) is 0 Å². The van der Waals surface area contributed by atoms with E-state index in [9.17, 15) is 18.3 Å². The average molecular weight is 519 g/mol. The molecule has 3 aromatic heterocycles. The van der Waals surface area contributed by atoms with Crippen molar-refractivity contribution in [3.8, 4) is 11.3 Å². The first-order chi connectivity index (χ1) is 17.0. The SMILES string of the molecule is Cc1nc(N2CCC3(CC2)Cc2ncccc2[C@H]3N)c(C(C)O)nc1-c1ccnc(C(F)(F)F)c1Cl. The first-order valence-corrected chi connectivity index (χ1v) is 12.1. The predicted molar refractivity (Wildman–Crippen MR) is 129 cm³/mol. The molecule has 1 saturated heterocycles. The van der Waals surface area contributed by atoms with Gasteiger partial charge in [0.25, 0.3) is 0 Å². The van der Waals surface area contributed by atoms with E-state index in [1.165, 1.54) is 6.07 Å². The van der Waals surface area contributed by atoms with E-state index in [-0.39, 0.29) is 28.4 Å². The van der Waals surface area contributed by atoms with Crippen molar-refractivity contribution in [2.24, 2.45) is 11.1 Å². The molecule has 0 radical (unpaired) electrons. The van der Waals surface area contributed by atoms with Crippen molar-refractivity contribution in [3.63, 3.8) is 0 Å². The number of aliphatic hydroxyl groups is 1. The number of rotatable bonds is 3. The highest BCUT2D eigenvalue weighted by Crippen LogP contribution is 2.50. The van der Waals surface area contributed by atoms with E-state index in [2.05, 4.69) is 19.9 Å². The summed E-state index contributed by atoms with van der Waals surface area (Å²) in [4.78, 5) is 19.2. The molecule has 2 atom stereocenters. The minimum Gasteiger partial charge on any atom is -0.387 e. The van der Waals surface area contributed by atoms with Gasteiger partial charge in [-0.15, -0.1) is 0 Å². The van der Waals surface area contributed by atoms with Gasteiger partial charge in [0.15, 0.2) is 11.5 Å². The van der Waals surface area contributed by atoms with E-state index in [1.807, 2.05) is 12.1 Å². The van der Waals surface area contributed by atoms with E-state index in [4.69, 9.17) is 22.3 Å². The number of anilines is 1. The van der Waals surface area contributed by atoms with Crippen molar-refractivity contribution in [1.82, 2.24) is 19.9 Å². The number of pyridine rings is 2. The second kappa shape index (κ2) is 8.93. The first-order valence-electron chi connectivity index (χ1n) is 11.7. The minimum absolute atomic E-state index is 0.0669. The summed E-state index contributed by atoms with van der Waals surface area (Å²) in [6.07, 6.45) is -0.402. The van der Waals surface area contributed by atoms with Gasteiger partial charge in [-0.1, -0.05) is 17.7 Å². The second-order valence-electron chi connectivity index (χ2n) is 9.60. The molecule has 7 nitrogen and oxygen atoms in total. The fourth-order valence-electron chi connectivity index (χ4n) is 5.42. The van der Waals surface area contributed by atoms with Crippen LogP contribution < -0.4 is 10.6 Å². The number of piperidine rings is 1. The molecule has 4 heterocycles. The van der Waals surface area contributed by atoms with E-state index >= 15 is 0 Å². The van der Waals surface area contributed by atoms with Crippen molar-refractivity contribution in [2.45, 2.75) is 51.4 Å². The highest BCUT2D eigenvalue weighted by molar-refractivity contribution is 6.34. The lowest BCUT2D eigenvalue weighted by Gasteiger charge is -2.43. The number of nitrogens with zero attached hydrogens (tertiary/aromatic N) is 5. The van der Waals surface area contributed by atoms with Crippen molar-refractivity contribution in [1.29, 1.82) is 0 Å². The third kappa shape index (κ3) is 4.10. The van der Waals surface area contributed by atoms with Gasteiger partial charge in [-0.3, -0.25) is 9.97 Å². The Hall–Kier alpha value is -2.82. The zero-order valence-electron chi connectivity index (χ0n) is 19.8. The van der Waals surface area contributed by atoms with Crippen LogP contribution in [0.3, 0.4) is 0 Å². The predicted octanol–water partition coefficient (Wildman–Crippen LogP) is 4.81. The summed E-state index contributed by atoms with van der Waals surface area (Å²) in [7, 11) is 0. The van der Waals surface area contributed by atoms with Gasteiger partial charge in [0, 0.05) is 42.8 Å². The Kier molecular flexibility index (Phi) is 6.17. The monoisotopic (exact) mass is 518 g/mol. The molecule has 190 valence electrons. The highest BCUT2D eigenvalue weighted by atomic mass is 35.5. The van der Waals surface area contributed by atoms with Gasteiger partial charge in [-0.2, -0.15) is 13.2 Å². The van der Waals surface area contributed by atoms with Crippen LogP contribution in [-0.4, -0.2) is 38.1 Å². The molecule has 2 aliphatic rings. The maximum atomic E-state index is 13.4. The lowest BCUT2D eigenvalue weighted by Crippen LogP contribution is -2.45. The number of aryl methyl sites for hydroxylation is 1. The van der Waals surface area contributed by atoms with E-state index in [1.54, 1.807) is 20.0 Å². The van der Waals surface area contributed by atoms with Crippen LogP contribution >= 0.6 is 11.6 Å². The molecule has 1 fully saturated rings. The molecule has 0 amide bonds.